The standard InChI is InChI=1S/C7H10N2O2.C6H8N2O2.C5H6N2O2.C3H8.CH4.I2/c1-3-9-5-4-6(8-9)7(10)11-2;1-2-8-4-3-5(7-8)6(9)10;1-9-5(8)4-2-3-6-7-4;1-3-2;;1-2/h4-5H,3H2,1-2H3;3-4H,2H2,1H3,(H,9,10);2-3H,1H3,(H,6,7);3H2,1-2H3;1H4;. The Labute approximate surface area is 235 Å². The lowest BCUT2D eigenvalue weighted by Crippen LogP contribution is -2.03. The van der Waals surface area contributed by atoms with Crippen LogP contribution in [0.4, 0.5) is 0 Å². The van der Waals surface area contributed by atoms with Crippen LogP contribution >= 0.6 is 37.2 Å². The van der Waals surface area contributed by atoms with Crippen LogP contribution in [-0.4, -0.2) is 67.0 Å². The molecule has 0 aliphatic carbocycles. The Balaban J connectivity index is -0.000000412. The van der Waals surface area contributed by atoms with Crippen LogP contribution in [0.3, 0.4) is 0 Å². The monoisotopic (exact) mass is 734 g/mol. The van der Waals surface area contributed by atoms with E-state index in [0.717, 1.165) is 6.54 Å². The van der Waals surface area contributed by atoms with Gasteiger partial charge in [-0.05, 0) is 32.0 Å². The fourth-order valence-corrected chi connectivity index (χ4v) is 1.88. The van der Waals surface area contributed by atoms with E-state index in [4.69, 9.17) is 5.11 Å². The van der Waals surface area contributed by atoms with Crippen LogP contribution in [0.2, 0.25) is 0 Å². The molecule has 3 heterocycles. The zero-order chi connectivity index (χ0) is 27.2. The van der Waals surface area contributed by atoms with Crippen molar-refractivity contribution in [2.75, 3.05) is 14.2 Å². The SMILES string of the molecule is C.CCC.CCn1ccc(C(=O)O)n1.CCn1ccc(C(=O)OC)n1.COC(=O)c1ccn[nH]1.II. The van der Waals surface area contributed by atoms with Crippen molar-refractivity contribution in [3.05, 3.63) is 53.9 Å². The summed E-state index contributed by atoms with van der Waals surface area (Å²) in [5.74, 6) is -1.77. The summed E-state index contributed by atoms with van der Waals surface area (Å²) in [6, 6.07) is 4.66. The molecule has 204 valence electrons. The van der Waals surface area contributed by atoms with E-state index in [-0.39, 0.29) is 13.1 Å². The van der Waals surface area contributed by atoms with Crippen molar-refractivity contribution >= 4 is 55.1 Å². The van der Waals surface area contributed by atoms with Gasteiger partial charge in [0, 0.05) is 68.9 Å². The van der Waals surface area contributed by atoms with Crippen LogP contribution in [0, 0.1) is 0 Å². The molecule has 3 rings (SSSR count). The third kappa shape index (κ3) is 16.2. The smallest absolute Gasteiger partial charge is 0.358 e. The Hall–Kier alpha value is -2.50. The van der Waals surface area contributed by atoms with Gasteiger partial charge in [0.2, 0.25) is 0 Å². The number of methoxy groups -OCH3 is 2. The lowest BCUT2D eigenvalue weighted by atomic mass is 10.4. The molecule has 36 heavy (non-hydrogen) atoms. The van der Waals surface area contributed by atoms with Gasteiger partial charge in [-0.3, -0.25) is 14.5 Å². The first-order chi connectivity index (χ1) is 16.8. The summed E-state index contributed by atoms with van der Waals surface area (Å²) in [7, 11) is 2.66. The molecule has 0 amide bonds. The minimum absolute atomic E-state index is 0. The van der Waals surface area contributed by atoms with Gasteiger partial charge in [-0.1, -0.05) is 27.7 Å². The van der Waals surface area contributed by atoms with Crippen molar-refractivity contribution in [3.63, 3.8) is 0 Å². The number of carbonyl (C=O) groups excluding carboxylic acids is 2. The highest BCUT2D eigenvalue weighted by molar-refractivity contribution is 15.0. The highest BCUT2D eigenvalue weighted by Gasteiger charge is 2.07. The summed E-state index contributed by atoms with van der Waals surface area (Å²) < 4.78 is 12.1. The molecule has 3 aromatic rings. The molecule has 2 N–H and O–H groups in total. The first-order valence-electron chi connectivity index (χ1n) is 10.4. The van der Waals surface area contributed by atoms with E-state index in [1.54, 1.807) is 33.9 Å². The summed E-state index contributed by atoms with van der Waals surface area (Å²) in [6.07, 6.45) is 6.13. The number of aryl methyl sites for hydroxylation is 2. The van der Waals surface area contributed by atoms with E-state index in [1.807, 2.05) is 13.8 Å². The largest absolute Gasteiger partial charge is 0.476 e. The molecule has 0 spiro atoms. The molecule has 3 aromatic heterocycles. The zero-order valence-electron chi connectivity index (χ0n) is 20.6. The minimum atomic E-state index is -0.979. The number of rotatable bonds is 5. The lowest BCUT2D eigenvalue weighted by Gasteiger charge is -1.93. The van der Waals surface area contributed by atoms with Gasteiger partial charge in [-0.2, -0.15) is 15.3 Å². The number of nitrogens with one attached hydrogen (secondary N) is 1. The molecule has 12 nitrogen and oxygen atoms in total. The summed E-state index contributed by atoms with van der Waals surface area (Å²) in [6.45, 7) is 9.57. The first kappa shape index (κ1) is 38.0. The number of aromatic carboxylic acids is 1. The minimum Gasteiger partial charge on any atom is -0.476 e. The van der Waals surface area contributed by atoms with Gasteiger partial charge >= 0.3 is 17.9 Å². The van der Waals surface area contributed by atoms with Crippen LogP contribution < -0.4 is 0 Å². The third-order valence-electron chi connectivity index (χ3n) is 3.45. The van der Waals surface area contributed by atoms with E-state index in [1.165, 1.54) is 32.9 Å². The summed E-state index contributed by atoms with van der Waals surface area (Å²) in [5.41, 5.74) is 0.828. The number of carbonyl (C=O) groups is 3. The highest BCUT2D eigenvalue weighted by Crippen LogP contribution is 1.97. The molecule has 0 atom stereocenters. The van der Waals surface area contributed by atoms with Crippen LogP contribution in [0.1, 0.15) is 73.0 Å². The Kier molecular flexibility index (Phi) is 25.6. The van der Waals surface area contributed by atoms with E-state index in [9.17, 15) is 14.4 Å². The fraction of sp³-hybridized carbons (Fsp3) is 0.455. The molecule has 0 bridgehead atoms. The van der Waals surface area contributed by atoms with Crippen LogP contribution in [0.15, 0.2) is 36.8 Å². The number of carboxylic acid groups (broad SMARTS) is 1. The molecule has 0 fully saturated rings. The molecule has 14 heteroatoms. The molecular weight excluding hydrogens is 698 g/mol. The molecule has 0 aliphatic heterocycles. The third-order valence-corrected chi connectivity index (χ3v) is 3.45. The Morgan fingerprint density at radius 2 is 1.33 bits per heavy atom. The highest BCUT2D eigenvalue weighted by atomic mass is 128. The van der Waals surface area contributed by atoms with E-state index in [0.29, 0.717) is 17.9 Å². The van der Waals surface area contributed by atoms with Gasteiger partial charge in [0.05, 0.1) is 14.2 Å². The molecule has 0 saturated heterocycles. The zero-order valence-corrected chi connectivity index (χ0v) is 24.9. The number of halogens is 2. The normalized spacial score (nSPS) is 8.56. The summed E-state index contributed by atoms with van der Waals surface area (Å²) in [4.78, 5) is 31.7. The fourth-order valence-electron chi connectivity index (χ4n) is 1.88. The number of ether oxygens (including phenoxy) is 2. The van der Waals surface area contributed by atoms with Crippen molar-refractivity contribution in [1.82, 2.24) is 29.8 Å². The predicted octanol–water partition coefficient (Wildman–Crippen LogP) is 5.31. The van der Waals surface area contributed by atoms with Crippen LogP contribution in [-0.2, 0) is 22.6 Å². The molecule has 0 saturated carbocycles. The second-order valence-electron chi connectivity index (χ2n) is 6.08. The van der Waals surface area contributed by atoms with Gasteiger partial charge in [-0.15, -0.1) is 0 Å². The average molecular weight is 734 g/mol. The number of hydrogen-bond donors (Lipinski definition) is 2. The van der Waals surface area contributed by atoms with E-state index in [2.05, 4.69) is 80.9 Å². The van der Waals surface area contributed by atoms with Crippen molar-refractivity contribution in [2.45, 2.75) is 54.6 Å². The maximum Gasteiger partial charge on any atom is 0.358 e. The van der Waals surface area contributed by atoms with Crippen molar-refractivity contribution in [3.8, 4) is 0 Å². The molecule has 0 radical (unpaired) electrons. The van der Waals surface area contributed by atoms with Gasteiger partial charge in [0.1, 0.15) is 5.69 Å². The van der Waals surface area contributed by atoms with Crippen LogP contribution in [0.5, 0.6) is 0 Å². The predicted molar refractivity (Wildman–Crippen MR) is 155 cm³/mol. The summed E-state index contributed by atoms with van der Waals surface area (Å²) in [5, 5.41) is 22.1. The van der Waals surface area contributed by atoms with Crippen molar-refractivity contribution in [1.29, 1.82) is 0 Å². The Bertz CT molecular complexity index is 960. The number of carboxylic acids is 1. The quantitative estimate of drug-likeness (QED) is 0.262. The van der Waals surface area contributed by atoms with Gasteiger partial charge in [0.15, 0.2) is 11.4 Å². The van der Waals surface area contributed by atoms with Gasteiger partial charge < -0.3 is 14.6 Å². The molecule has 0 unspecified atom stereocenters. The van der Waals surface area contributed by atoms with E-state index < -0.39 is 17.9 Å². The van der Waals surface area contributed by atoms with Crippen LogP contribution in [0.25, 0.3) is 0 Å². The molecule has 0 aliphatic rings. The lowest BCUT2D eigenvalue weighted by molar-refractivity contribution is 0.0584. The number of aromatic amines is 1. The average Bonchev–Trinajstić information content (AvgIpc) is 3.67. The van der Waals surface area contributed by atoms with Crippen molar-refractivity contribution < 1.29 is 29.0 Å². The second-order valence-corrected chi connectivity index (χ2v) is 6.08. The maximum absolute atomic E-state index is 10.8. The van der Waals surface area contributed by atoms with E-state index >= 15 is 0 Å². The molecule has 0 aromatic carbocycles. The molecular formula is C22H36I2N6O6. The van der Waals surface area contributed by atoms with Gasteiger partial charge in [0.25, 0.3) is 0 Å². The summed E-state index contributed by atoms with van der Waals surface area (Å²) >= 11 is 4.24. The number of H-pyrrole nitrogens is 1. The van der Waals surface area contributed by atoms with Crippen molar-refractivity contribution in [2.24, 2.45) is 0 Å². The second kappa shape index (κ2) is 24.2. The Morgan fingerprint density at radius 1 is 0.889 bits per heavy atom. The Morgan fingerprint density at radius 3 is 1.64 bits per heavy atom. The number of aromatic nitrogens is 6. The van der Waals surface area contributed by atoms with Gasteiger partial charge in [-0.25, -0.2) is 14.4 Å². The number of hydrogen-bond acceptors (Lipinski definition) is 8. The number of nitrogens with zero attached hydrogens (tertiary/aromatic N) is 5. The maximum atomic E-state index is 10.8. The topological polar surface area (TPSA) is 154 Å². The number of esters is 2. The first-order valence-corrected chi connectivity index (χ1v) is 16.7.